The number of pyridine rings is 1. The summed E-state index contributed by atoms with van der Waals surface area (Å²) in [5.74, 6) is 0.531. The maximum Gasteiger partial charge on any atom is 0.360 e. The molecule has 0 atom stereocenters. The Balaban J connectivity index is 1.70. The Kier molecular flexibility index (Phi) is 4.37. The van der Waals surface area contributed by atoms with Crippen molar-refractivity contribution in [2.75, 3.05) is 6.61 Å². The summed E-state index contributed by atoms with van der Waals surface area (Å²) in [5, 5.41) is 0. The fraction of sp³-hybridized carbons (Fsp3) is 0.188. The van der Waals surface area contributed by atoms with Crippen LogP contribution in [-0.4, -0.2) is 32.5 Å². The molecule has 0 spiro atoms. The molecule has 23 heavy (non-hydrogen) atoms. The molecule has 0 aliphatic rings. The summed E-state index contributed by atoms with van der Waals surface area (Å²) < 4.78 is 10.1. The van der Waals surface area contributed by atoms with Crippen LogP contribution in [0.3, 0.4) is 0 Å². The first-order chi connectivity index (χ1) is 11.3. The Morgan fingerprint density at radius 1 is 1.22 bits per heavy atom. The Bertz CT molecular complexity index is 785. The van der Waals surface area contributed by atoms with Gasteiger partial charge in [0.05, 0.1) is 13.0 Å². The predicted molar refractivity (Wildman–Crippen MR) is 80.5 cm³/mol. The van der Waals surface area contributed by atoms with Gasteiger partial charge in [0.1, 0.15) is 6.26 Å². The van der Waals surface area contributed by atoms with Gasteiger partial charge in [-0.1, -0.05) is 0 Å². The van der Waals surface area contributed by atoms with Crippen molar-refractivity contribution in [1.82, 2.24) is 19.9 Å². The molecular weight excluding hydrogens is 296 g/mol. The van der Waals surface area contributed by atoms with Gasteiger partial charge in [0.2, 0.25) is 5.89 Å². The van der Waals surface area contributed by atoms with E-state index in [1.807, 2.05) is 12.1 Å². The number of hydrogen-bond acceptors (Lipinski definition) is 7. The molecule has 0 radical (unpaired) electrons. The molecule has 3 aromatic heterocycles. The van der Waals surface area contributed by atoms with Crippen molar-refractivity contribution < 1.29 is 13.9 Å². The van der Waals surface area contributed by atoms with Crippen LogP contribution in [0.4, 0.5) is 0 Å². The van der Waals surface area contributed by atoms with E-state index in [4.69, 9.17) is 9.15 Å². The van der Waals surface area contributed by atoms with Gasteiger partial charge in [-0.15, -0.1) is 0 Å². The fourth-order valence-corrected chi connectivity index (χ4v) is 1.96. The van der Waals surface area contributed by atoms with E-state index in [0.29, 0.717) is 24.7 Å². The number of ether oxygens (including phenoxy) is 1. The topological polar surface area (TPSA) is 91.0 Å². The lowest BCUT2D eigenvalue weighted by atomic mass is 10.2. The summed E-state index contributed by atoms with van der Waals surface area (Å²) in [6, 6.07) is 5.49. The molecule has 0 saturated carbocycles. The van der Waals surface area contributed by atoms with Crippen LogP contribution in [0.1, 0.15) is 29.0 Å². The van der Waals surface area contributed by atoms with Crippen molar-refractivity contribution in [2.45, 2.75) is 13.3 Å². The van der Waals surface area contributed by atoms with Crippen molar-refractivity contribution in [3.05, 3.63) is 60.3 Å². The minimum Gasteiger partial charge on any atom is -0.461 e. The molecule has 0 aromatic carbocycles. The smallest absolute Gasteiger partial charge is 0.360 e. The number of oxazole rings is 1. The van der Waals surface area contributed by atoms with Crippen LogP contribution < -0.4 is 0 Å². The normalized spacial score (nSPS) is 10.5. The average molecular weight is 310 g/mol. The number of rotatable bonds is 5. The fourth-order valence-electron chi connectivity index (χ4n) is 1.96. The number of aromatic nitrogens is 4. The summed E-state index contributed by atoms with van der Waals surface area (Å²) in [5.41, 5.74) is 1.76. The van der Waals surface area contributed by atoms with E-state index in [9.17, 15) is 4.79 Å². The monoisotopic (exact) mass is 310 g/mol. The number of esters is 1. The van der Waals surface area contributed by atoms with Crippen LogP contribution in [0.2, 0.25) is 0 Å². The Labute approximate surface area is 132 Å². The molecule has 7 heteroatoms. The zero-order valence-corrected chi connectivity index (χ0v) is 12.5. The summed E-state index contributed by atoms with van der Waals surface area (Å²) >= 11 is 0. The average Bonchev–Trinajstić information content (AvgIpc) is 3.05. The summed E-state index contributed by atoms with van der Waals surface area (Å²) in [6.45, 7) is 2.03. The first kappa shape index (κ1) is 14.8. The van der Waals surface area contributed by atoms with Gasteiger partial charge in [-0.05, 0) is 25.1 Å². The van der Waals surface area contributed by atoms with Gasteiger partial charge in [0.25, 0.3) is 0 Å². The highest BCUT2D eigenvalue weighted by atomic mass is 16.5. The highest BCUT2D eigenvalue weighted by Crippen LogP contribution is 2.14. The Morgan fingerprint density at radius 3 is 2.74 bits per heavy atom. The lowest BCUT2D eigenvalue weighted by Gasteiger charge is -2.00. The maximum absolute atomic E-state index is 11.5. The van der Waals surface area contributed by atoms with Crippen LogP contribution >= 0.6 is 0 Å². The van der Waals surface area contributed by atoms with E-state index in [1.165, 1.54) is 6.26 Å². The first-order valence-corrected chi connectivity index (χ1v) is 7.10. The molecule has 0 aliphatic carbocycles. The number of hydrogen-bond donors (Lipinski definition) is 0. The van der Waals surface area contributed by atoms with Gasteiger partial charge in [-0.3, -0.25) is 4.98 Å². The summed E-state index contributed by atoms with van der Waals surface area (Å²) in [7, 11) is 0. The highest BCUT2D eigenvalue weighted by Gasteiger charge is 2.13. The molecule has 116 valence electrons. The second-order valence-electron chi connectivity index (χ2n) is 4.63. The molecule has 3 heterocycles. The molecule has 7 nitrogen and oxygen atoms in total. The summed E-state index contributed by atoms with van der Waals surface area (Å²) in [4.78, 5) is 28.3. The van der Waals surface area contributed by atoms with Crippen molar-refractivity contribution >= 4 is 5.97 Å². The second-order valence-corrected chi connectivity index (χ2v) is 4.63. The largest absolute Gasteiger partial charge is 0.461 e. The third-order valence-electron chi connectivity index (χ3n) is 3.02. The summed E-state index contributed by atoms with van der Waals surface area (Å²) in [6.07, 6.45) is 6.73. The van der Waals surface area contributed by atoms with E-state index in [2.05, 4.69) is 19.9 Å². The molecule has 0 aliphatic heterocycles. The number of carbonyl (C=O) groups excluding carboxylic acids is 1. The van der Waals surface area contributed by atoms with Crippen LogP contribution in [-0.2, 0) is 11.2 Å². The second kappa shape index (κ2) is 6.78. The van der Waals surface area contributed by atoms with Crippen molar-refractivity contribution in [3.63, 3.8) is 0 Å². The van der Waals surface area contributed by atoms with E-state index >= 15 is 0 Å². The lowest BCUT2D eigenvalue weighted by Crippen LogP contribution is -2.05. The molecular formula is C16H14N4O3. The zero-order valence-electron chi connectivity index (χ0n) is 12.5. The lowest BCUT2D eigenvalue weighted by molar-refractivity contribution is 0.0519. The van der Waals surface area contributed by atoms with Crippen molar-refractivity contribution in [3.8, 4) is 11.4 Å². The molecule has 0 N–H and O–H groups in total. The minimum atomic E-state index is -0.493. The van der Waals surface area contributed by atoms with Crippen LogP contribution in [0.15, 0.2) is 47.5 Å². The SMILES string of the molecule is CCOC(=O)c1coc(Cc2ccc(-c3ncccn3)cn2)n1. The molecule has 0 saturated heterocycles. The van der Waals surface area contributed by atoms with Gasteiger partial charge in [0.15, 0.2) is 11.5 Å². The van der Waals surface area contributed by atoms with Gasteiger partial charge in [-0.25, -0.2) is 19.7 Å². The minimum absolute atomic E-state index is 0.163. The standard InChI is InChI=1S/C16H14N4O3/c1-2-22-16(21)13-10-23-14(20-13)8-12-5-4-11(9-19-12)15-17-6-3-7-18-15/h3-7,9-10H,2,8H2,1H3. The van der Waals surface area contributed by atoms with Gasteiger partial charge in [-0.2, -0.15) is 0 Å². The van der Waals surface area contributed by atoms with E-state index in [0.717, 1.165) is 11.3 Å². The molecule has 0 unspecified atom stereocenters. The Morgan fingerprint density at radius 2 is 2.04 bits per heavy atom. The quantitative estimate of drug-likeness (QED) is 0.668. The third-order valence-corrected chi connectivity index (χ3v) is 3.02. The number of carbonyl (C=O) groups is 1. The number of nitrogens with zero attached hydrogens (tertiary/aromatic N) is 4. The molecule has 0 bridgehead atoms. The van der Waals surface area contributed by atoms with Gasteiger partial charge in [0, 0.05) is 29.8 Å². The third kappa shape index (κ3) is 3.57. The van der Waals surface area contributed by atoms with E-state index in [1.54, 1.807) is 31.6 Å². The molecule has 0 amide bonds. The van der Waals surface area contributed by atoms with Gasteiger partial charge >= 0.3 is 5.97 Å². The molecule has 3 aromatic rings. The predicted octanol–water partition coefficient (Wildman–Crippen LogP) is 2.29. The van der Waals surface area contributed by atoms with Crippen LogP contribution in [0, 0.1) is 0 Å². The van der Waals surface area contributed by atoms with Crippen LogP contribution in [0.25, 0.3) is 11.4 Å². The zero-order chi connectivity index (χ0) is 16.1. The first-order valence-electron chi connectivity index (χ1n) is 7.10. The van der Waals surface area contributed by atoms with Gasteiger partial charge < -0.3 is 9.15 Å². The highest BCUT2D eigenvalue weighted by molar-refractivity contribution is 5.86. The van der Waals surface area contributed by atoms with Crippen LogP contribution in [0.5, 0.6) is 0 Å². The molecule has 3 rings (SSSR count). The molecule has 0 fully saturated rings. The van der Waals surface area contributed by atoms with E-state index in [-0.39, 0.29) is 5.69 Å². The Hall–Kier alpha value is -3.09. The van der Waals surface area contributed by atoms with E-state index < -0.39 is 5.97 Å². The van der Waals surface area contributed by atoms with Crippen molar-refractivity contribution in [1.29, 1.82) is 0 Å². The van der Waals surface area contributed by atoms with Crippen molar-refractivity contribution in [2.24, 2.45) is 0 Å². The maximum atomic E-state index is 11.5.